The number of thioether (sulfide) groups is 1. The average Bonchev–Trinajstić information content (AvgIpc) is 3.02. The van der Waals surface area contributed by atoms with Crippen molar-refractivity contribution in [2.75, 3.05) is 10.6 Å². The van der Waals surface area contributed by atoms with Gasteiger partial charge in [0.25, 0.3) is 5.91 Å². The van der Waals surface area contributed by atoms with Crippen molar-refractivity contribution in [3.63, 3.8) is 0 Å². The summed E-state index contributed by atoms with van der Waals surface area (Å²) in [4.78, 5) is 76.2. The van der Waals surface area contributed by atoms with Gasteiger partial charge in [-0.3, -0.25) is 19.2 Å². The maximum Gasteiger partial charge on any atom is 0.336 e. The number of ketones is 2. The van der Waals surface area contributed by atoms with Gasteiger partial charge in [0.05, 0.1) is 33.2 Å². The highest BCUT2D eigenvalue weighted by Gasteiger charge is 2.32. The first-order valence-corrected chi connectivity index (χ1v) is 14.3. The number of hydrogen-bond acceptors (Lipinski definition) is 7. The highest BCUT2D eigenvalue weighted by molar-refractivity contribution is 8.00. The van der Waals surface area contributed by atoms with Gasteiger partial charge in [0.2, 0.25) is 5.91 Å². The van der Waals surface area contributed by atoms with Crippen LogP contribution < -0.4 is 10.6 Å². The van der Waals surface area contributed by atoms with Gasteiger partial charge >= 0.3 is 11.9 Å². The molecule has 0 saturated carbocycles. The second-order valence-corrected chi connectivity index (χ2v) is 11.1. The van der Waals surface area contributed by atoms with E-state index in [1.165, 1.54) is 11.8 Å². The molecule has 1 atom stereocenters. The van der Waals surface area contributed by atoms with Gasteiger partial charge in [0, 0.05) is 27.3 Å². The Bertz CT molecular complexity index is 1880. The molecule has 2 amide bonds. The molecule has 1 aliphatic rings. The van der Waals surface area contributed by atoms with Gasteiger partial charge in [-0.15, -0.1) is 11.8 Å². The number of carbonyl (C=O) groups is 6. The largest absolute Gasteiger partial charge is 0.478 e. The molecule has 0 fully saturated rings. The van der Waals surface area contributed by atoms with Crippen LogP contribution in [0, 0.1) is 0 Å². The molecule has 11 heteroatoms. The molecule has 0 bridgehead atoms. The Morgan fingerprint density at radius 3 is 2.09 bits per heavy atom. The molecule has 220 valence electrons. The summed E-state index contributed by atoms with van der Waals surface area (Å²) in [5.74, 6) is -4.55. The van der Waals surface area contributed by atoms with Crippen molar-refractivity contribution >= 4 is 58.5 Å². The van der Waals surface area contributed by atoms with E-state index < -0.39 is 28.7 Å². The van der Waals surface area contributed by atoms with Gasteiger partial charge < -0.3 is 20.8 Å². The van der Waals surface area contributed by atoms with E-state index in [-0.39, 0.29) is 51.0 Å². The fourth-order valence-electron chi connectivity index (χ4n) is 4.85. The molecule has 4 N–H and O–H groups in total. The van der Waals surface area contributed by atoms with Gasteiger partial charge in [0.15, 0.2) is 11.6 Å². The van der Waals surface area contributed by atoms with Crippen LogP contribution in [0.3, 0.4) is 0 Å². The number of fused-ring (bicyclic) bond motifs is 2. The highest BCUT2D eigenvalue weighted by Crippen LogP contribution is 2.34. The van der Waals surface area contributed by atoms with Crippen LogP contribution in [-0.4, -0.2) is 50.8 Å². The summed E-state index contributed by atoms with van der Waals surface area (Å²) in [5, 5.41) is 23.5. The van der Waals surface area contributed by atoms with E-state index in [9.17, 15) is 33.9 Å². The van der Waals surface area contributed by atoms with E-state index >= 15 is 0 Å². The molecular formula is C33H24N2O8S. The van der Waals surface area contributed by atoms with E-state index in [2.05, 4.69) is 10.6 Å². The molecule has 0 radical (unpaired) electrons. The summed E-state index contributed by atoms with van der Waals surface area (Å²) in [6, 6.07) is 21.1. The fraction of sp³-hybridized carbons (Fsp3) is 0.0909. The topological polar surface area (TPSA) is 167 Å². The van der Waals surface area contributed by atoms with Crippen molar-refractivity contribution in [3.05, 3.63) is 124 Å². The number of benzene rings is 4. The van der Waals surface area contributed by atoms with E-state index in [0.717, 1.165) is 18.2 Å². The van der Waals surface area contributed by atoms with Crippen LogP contribution in [0.1, 0.15) is 76.3 Å². The summed E-state index contributed by atoms with van der Waals surface area (Å²) in [6.07, 6.45) is 0.412. The van der Waals surface area contributed by atoms with Crippen LogP contribution in [0.25, 0.3) is 0 Å². The van der Waals surface area contributed by atoms with E-state index in [1.54, 1.807) is 66.7 Å². The Labute approximate surface area is 255 Å². The Morgan fingerprint density at radius 2 is 1.41 bits per heavy atom. The third kappa shape index (κ3) is 5.86. The summed E-state index contributed by atoms with van der Waals surface area (Å²) in [7, 11) is 0. The quantitative estimate of drug-likeness (QED) is 0.155. The van der Waals surface area contributed by atoms with Gasteiger partial charge in [0.1, 0.15) is 0 Å². The fourth-order valence-corrected chi connectivity index (χ4v) is 5.86. The molecule has 1 aliphatic carbocycles. The summed E-state index contributed by atoms with van der Waals surface area (Å²) in [5.41, 5.74) is 0.593. The number of nitrogens with one attached hydrogen (secondary N) is 2. The number of hydrogen-bond donors (Lipinski definition) is 4. The van der Waals surface area contributed by atoms with Gasteiger partial charge in [-0.05, 0) is 48.9 Å². The molecule has 4 aromatic rings. The molecule has 10 nitrogen and oxygen atoms in total. The number of carboxylic acids is 2. The van der Waals surface area contributed by atoms with Crippen molar-refractivity contribution in [2.24, 2.45) is 0 Å². The van der Waals surface area contributed by atoms with Crippen molar-refractivity contribution in [2.45, 2.75) is 23.5 Å². The third-order valence-electron chi connectivity index (χ3n) is 6.99. The maximum atomic E-state index is 13.4. The summed E-state index contributed by atoms with van der Waals surface area (Å²) < 4.78 is 0. The van der Waals surface area contributed by atoms with Crippen LogP contribution >= 0.6 is 11.8 Å². The minimum absolute atomic E-state index is 0.145. The lowest BCUT2D eigenvalue weighted by molar-refractivity contribution is -0.115. The lowest BCUT2D eigenvalue weighted by Crippen LogP contribution is -2.28. The molecule has 0 heterocycles. The Morgan fingerprint density at radius 1 is 0.727 bits per heavy atom. The second-order valence-electron chi connectivity index (χ2n) is 9.79. The van der Waals surface area contributed by atoms with Crippen molar-refractivity contribution in [1.82, 2.24) is 0 Å². The van der Waals surface area contributed by atoms with Gasteiger partial charge in [-0.1, -0.05) is 49.4 Å². The van der Waals surface area contributed by atoms with E-state index in [0.29, 0.717) is 22.6 Å². The van der Waals surface area contributed by atoms with Crippen LogP contribution in [0.15, 0.2) is 89.8 Å². The monoisotopic (exact) mass is 608 g/mol. The average molecular weight is 609 g/mol. The third-order valence-corrected chi connectivity index (χ3v) is 8.34. The number of anilines is 2. The molecule has 44 heavy (non-hydrogen) atoms. The maximum absolute atomic E-state index is 13.4. The van der Waals surface area contributed by atoms with Crippen molar-refractivity contribution in [3.8, 4) is 0 Å². The van der Waals surface area contributed by atoms with Gasteiger partial charge in [-0.25, -0.2) is 9.59 Å². The first-order chi connectivity index (χ1) is 21.1. The lowest BCUT2D eigenvalue weighted by atomic mass is 9.83. The van der Waals surface area contributed by atoms with Crippen LogP contribution in [0.5, 0.6) is 0 Å². The zero-order valence-electron chi connectivity index (χ0n) is 23.1. The SMILES string of the molecule is CCC(Sc1cccc(NC(=O)c2ccc(C(=O)O)cc2C(=O)O)c1)C(=O)Nc1cccc2c1C(=O)c1ccccc1C2=O. The lowest BCUT2D eigenvalue weighted by Gasteiger charge is -2.21. The molecule has 0 aliphatic heterocycles. The normalized spacial score (nSPS) is 12.5. The number of amides is 2. The summed E-state index contributed by atoms with van der Waals surface area (Å²) in [6.45, 7) is 1.82. The number of aromatic carboxylic acids is 2. The number of rotatable bonds is 9. The predicted octanol–water partition coefficient (Wildman–Crippen LogP) is 5.62. The molecule has 4 aromatic carbocycles. The first-order valence-electron chi connectivity index (χ1n) is 13.4. The van der Waals surface area contributed by atoms with Crippen molar-refractivity contribution < 1.29 is 39.0 Å². The first kappa shape index (κ1) is 29.9. The molecule has 1 unspecified atom stereocenters. The Balaban J connectivity index is 1.33. The minimum atomic E-state index is -1.45. The highest BCUT2D eigenvalue weighted by atomic mass is 32.2. The second kappa shape index (κ2) is 12.4. The Kier molecular flexibility index (Phi) is 8.41. The van der Waals surface area contributed by atoms with Crippen LogP contribution in [0.4, 0.5) is 11.4 Å². The number of carboxylic acid groups (broad SMARTS) is 2. The zero-order chi connectivity index (χ0) is 31.5. The van der Waals surface area contributed by atoms with E-state index in [1.807, 2.05) is 6.92 Å². The standard InChI is InChI=1S/C33H24N2O8S/c1-2-26(31(39)35-25-12-6-11-23-27(25)29(37)21-10-4-3-9-20(21)28(23)36)44-19-8-5-7-18(16-19)34-30(38)22-14-13-17(32(40)41)15-24(22)33(42)43/h3-16,26H,2H2,1H3,(H,34,38)(H,35,39)(H,40,41)(H,42,43). The smallest absolute Gasteiger partial charge is 0.336 e. The molecule has 0 aromatic heterocycles. The predicted molar refractivity (Wildman–Crippen MR) is 163 cm³/mol. The Hall–Kier alpha value is -5.55. The van der Waals surface area contributed by atoms with Crippen LogP contribution in [0.2, 0.25) is 0 Å². The summed E-state index contributed by atoms with van der Waals surface area (Å²) >= 11 is 1.22. The van der Waals surface area contributed by atoms with E-state index in [4.69, 9.17) is 5.11 Å². The van der Waals surface area contributed by atoms with Crippen LogP contribution in [-0.2, 0) is 4.79 Å². The van der Waals surface area contributed by atoms with Crippen molar-refractivity contribution in [1.29, 1.82) is 0 Å². The molecule has 5 rings (SSSR count). The molecule has 0 spiro atoms. The number of carbonyl (C=O) groups excluding carboxylic acids is 4. The minimum Gasteiger partial charge on any atom is -0.478 e. The zero-order valence-corrected chi connectivity index (χ0v) is 23.9. The molecule has 0 saturated heterocycles. The molecular weight excluding hydrogens is 584 g/mol. The van der Waals surface area contributed by atoms with Gasteiger partial charge in [-0.2, -0.15) is 0 Å².